The van der Waals surface area contributed by atoms with Crippen LogP contribution in [0, 0.1) is 0 Å². The molecule has 206 valence electrons. The fourth-order valence-electron chi connectivity index (χ4n) is 5.17. The molecular weight excluding hydrogens is 592 g/mol. The Morgan fingerprint density at radius 2 is 1.62 bits per heavy atom. The van der Waals surface area contributed by atoms with Gasteiger partial charge in [0.2, 0.25) is 0 Å². The molecule has 0 fully saturated rings. The Bertz CT molecular complexity index is 2010. The lowest BCUT2D eigenvalue weighted by Crippen LogP contribution is -2.03. The van der Waals surface area contributed by atoms with Crippen LogP contribution in [-0.4, -0.2) is 29.9 Å². The molecule has 0 aliphatic heterocycles. The van der Waals surface area contributed by atoms with Gasteiger partial charge in [-0.1, -0.05) is 93.9 Å². The van der Waals surface area contributed by atoms with E-state index < -0.39 is 0 Å². The highest BCUT2D eigenvalue weighted by Crippen LogP contribution is 2.42. The number of benzene rings is 3. The lowest BCUT2D eigenvalue weighted by molar-refractivity contribution is 0.125. The third kappa shape index (κ3) is 4.88. The van der Waals surface area contributed by atoms with Crippen molar-refractivity contribution >= 4 is 38.3 Å². The van der Waals surface area contributed by atoms with Gasteiger partial charge >= 0.3 is 0 Å². The van der Waals surface area contributed by atoms with Crippen molar-refractivity contribution in [2.45, 2.75) is 20.1 Å². The number of halogens is 1. The van der Waals surface area contributed by atoms with Gasteiger partial charge in [-0.15, -0.1) is 5.10 Å². The second-order valence-corrected chi connectivity index (χ2v) is 10.7. The first-order valence-corrected chi connectivity index (χ1v) is 14.3. The van der Waals surface area contributed by atoms with Crippen LogP contribution in [0.4, 0.5) is 0 Å². The summed E-state index contributed by atoms with van der Waals surface area (Å²) in [7, 11) is 0. The van der Waals surface area contributed by atoms with E-state index in [9.17, 15) is 0 Å². The van der Waals surface area contributed by atoms with E-state index in [1.807, 2.05) is 79.7 Å². The van der Waals surface area contributed by atoms with Gasteiger partial charge in [0.25, 0.3) is 0 Å². The summed E-state index contributed by atoms with van der Waals surface area (Å²) in [6.45, 7) is 2.54. The van der Waals surface area contributed by atoms with Crippen molar-refractivity contribution in [3.05, 3.63) is 131 Å². The third-order valence-corrected chi connectivity index (χ3v) is 7.61. The molecule has 0 aliphatic carbocycles. The molecule has 9 heteroatoms. The molecule has 4 heterocycles. The standard InChI is InChI=1S/C33H25BrN6O2/c1-22(23-14-16-26(34)17-15-23)38-42-20-28-36-33-30-29(24-9-4-2-5-10-24)31(25-11-6-3-7-12-25)39(19-27-13-8-18-41-27)32(30)35-21-40(33)37-28/h2-18,21H,19-20H2,1H3/b38-22-. The topological polar surface area (TPSA) is 82.7 Å². The molecule has 0 aliphatic rings. The zero-order chi connectivity index (χ0) is 28.5. The second-order valence-electron chi connectivity index (χ2n) is 9.82. The molecule has 0 N–H and O–H groups in total. The molecule has 0 spiro atoms. The number of fused-ring (bicyclic) bond motifs is 3. The number of rotatable bonds is 8. The van der Waals surface area contributed by atoms with E-state index in [4.69, 9.17) is 19.2 Å². The van der Waals surface area contributed by atoms with Crippen molar-refractivity contribution in [1.82, 2.24) is 24.1 Å². The maximum atomic E-state index is 5.77. The number of furan rings is 1. The molecule has 0 amide bonds. The minimum Gasteiger partial charge on any atom is -0.467 e. The Labute approximate surface area is 250 Å². The molecule has 8 nitrogen and oxygen atoms in total. The number of aromatic nitrogens is 5. The van der Waals surface area contributed by atoms with E-state index in [0.717, 1.165) is 54.9 Å². The SMILES string of the molecule is C/C(=N/OCc1nc2c3c(-c4ccccc4)c(-c4ccccc4)n(Cc4ccco4)c3ncn2n1)c1ccc(Br)cc1. The van der Waals surface area contributed by atoms with Crippen molar-refractivity contribution < 1.29 is 9.25 Å². The maximum Gasteiger partial charge on any atom is 0.192 e. The molecule has 0 unspecified atom stereocenters. The van der Waals surface area contributed by atoms with Crippen LogP contribution in [0.15, 0.2) is 124 Å². The van der Waals surface area contributed by atoms with Gasteiger partial charge in [0.05, 0.1) is 29.6 Å². The van der Waals surface area contributed by atoms with Crippen LogP contribution in [0.1, 0.15) is 24.1 Å². The quantitative estimate of drug-likeness (QED) is 0.129. The minimum absolute atomic E-state index is 0.121. The summed E-state index contributed by atoms with van der Waals surface area (Å²) < 4.78 is 10.7. The van der Waals surface area contributed by atoms with E-state index in [-0.39, 0.29) is 6.61 Å². The van der Waals surface area contributed by atoms with Crippen LogP contribution in [0.2, 0.25) is 0 Å². The average Bonchev–Trinajstić information content (AvgIpc) is 3.76. The van der Waals surface area contributed by atoms with Crippen LogP contribution >= 0.6 is 15.9 Å². The maximum absolute atomic E-state index is 5.77. The van der Waals surface area contributed by atoms with Crippen molar-refractivity contribution in [2.24, 2.45) is 5.16 Å². The number of hydrogen-bond donors (Lipinski definition) is 0. The molecule has 0 saturated carbocycles. The molecular formula is C33H25BrN6O2. The van der Waals surface area contributed by atoms with Crippen LogP contribution in [0.25, 0.3) is 39.1 Å². The van der Waals surface area contributed by atoms with Crippen LogP contribution in [0.5, 0.6) is 0 Å². The monoisotopic (exact) mass is 616 g/mol. The largest absolute Gasteiger partial charge is 0.467 e. The van der Waals surface area contributed by atoms with Crippen molar-refractivity contribution in [1.29, 1.82) is 0 Å². The highest BCUT2D eigenvalue weighted by Gasteiger charge is 2.25. The van der Waals surface area contributed by atoms with Crippen LogP contribution in [0.3, 0.4) is 0 Å². The Hall–Kier alpha value is -5.02. The summed E-state index contributed by atoms with van der Waals surface area (Å²) in [4.78, 5) is 15.5. The highest BCUT2D eigenvalue weighted by atomic mass is 79.9. The third-order valence-electron chi connectivity index (χ3n) is 7.08. The number of hydrogen-bond acceptors (Lipinski definition) is 6. The first-order valence-electron chi connectivity index (χ1n) is 13.5. The lowest BCUT2D eigenvalue weighted by Gasteiger charge is -2.11. The average molecular weight is 618 g/mol. The Morgan fingerprint density at radius 3 is 2.33 bits per heavy atom. The summed E-state index contributed by atoms with van der Waals surface area (Å²) in [5.74, 6) is 1.34. The molecule has 4 aromatic heterocycles. The highest BCUT2D eigenvalue weighted by molar-refractivity contribution is 9.10. The molecule has 0 atom stereocenters. The van der Waals surface area contributed by atoms with Crippen LogP contribution in [-0.2, 0) is 18.0 Å². The minimum atomic E-state index is 0.121. The summed E-state index contributed by atoms with van der Waals surface area (Å²) in [5, 5.41) is 9.88. The number of nitrogens with zero attached hydrogens (tertiary/aromatic N) is 6. The zero-order valence-electron chi connectivity index (χ0n) is 22.7. The van der Waals surface area contributed by atoms with Gasteiger partial charge in [-0.3, -0.25) is 0 Å². The normalized spacial score (nSPS) is 11.9. The molecule has 7 rings (SSSR count). The van der Waals surface area contributed by atoms with Gasteiger partial charge < -0.3 is 13.8 Å². The van der Waals surface area contributed by atoms with Gasteiger partial charge in [0, 0.05) is 10.0 Å². The van der Waals surface area contributed by atoms with Gasteiger partial charge in [0.15, 0.2) is 18.1 Å². The first-order chi connectivity index (χ1) is 20.7. The molecule has 0 bridgehead atoms. The molecule has 0 saturated heterocycles. The molecule has 0 radical (unpaired) electrons. The summed E-state index contributed by atoms with van der Waals surface area (Å²) in [6.07, 6.45) is 3.39. The first kappa shape index (κ1) is 25.9. The van der Waals surface area contributed by atoms with Gasteiger partial charge in [0.1, 0.15) is 17.7 Å². The van der Waals surface area contributed by atoms with Crippen molar-refractivity contribution in [2.75, 3.05) is 0 Å². The Balaban J connectivity index is 1.37. The van der Waals surface area contributed by atoms with Gasteiger partial charge in [-0.25, -0.2) is 14.5 Å². The molecule has 3 aromatic carbocycles. The van der Waals surface area contributed by atoms with Gasteiger partial charge in [-0.2, -0.15) is 0 Å². The van der Waals surface area contributed by atoms with Crippen molar-refractivity contribution in [3.63, 3.8) is 0 Å². The zero-order valence-corrected chi connectivity index (χ0v) is 24.3. The fourth-order valence-corrected chi connectivity index (χ4v) is 5.43. The number of oxime groups is 1. The van der Waals surface area contributed by atoms with Crippen molar-refractivity contribution in [3.8, 4) is 22.4 Å². The Morgan fingerprint density at radius 1 is 0.881 bits per heavy atom. The predicted octanol–water partition coefficient (Wildman–Crippen LogP) is 7.76. The van der Waals surface area contributed by atoms with E-state index >= 15 is 0 Å². The lowest BCUT2D eigenvalue weighted by atomic mass is 9.99. The predicted molar refractivity (Wildman–Crippen MR) is 166 cm³/mol. The smallest absolute Gasteiger partial charge is 0.192 e. The van der Waals surface area contributed by atoms with E-state index in [1.54, 1.807) is 17.1 Å². The summed E-state index contributed by atoms with van der Waals surface area (Å²) in [6, 6.07) is 32.5. The molecule has 42 heavy (non-hydrogen) atoms. The van der Waals surface area contributed by atoms with Gasteiger partial charge in [-0.05, 0) is 47.9 Å². The fraction of sp³-hybridized carbons (Fsp3) is 0.0909. The second kappa shape index (κ2) is 11.1. The van der Waals surface area contributed by atoms with E-state index in [0.29, 0.717) is 18.0 Å². The summed E-state index contributed by atoms with van der Waals surface area (Å²) >= 11 is 3.46. The van der Waals surface area contributed by atoms with E-state index in [1.165, 1.54) is 0 Å². The van der Waals surface area contributed by atoms with Crippen LogP contribution < -0.4 is 0 Å². The van der Waals surface area contributed by atoms with E-state index in [2.05, 4.69) is 55.0 Å². The Kier molecular flexibility index (Phi) is 6.85. The molecule has 7 aromatic rings. The summed E-state index contributed by atoms with van der Waals surface area (Å²) in [5.41, 5.74) is 7.43.